The van der Waals surface area contributed by atoms with Crippen LogP contribution < -0.4 is 15.0 Å². The fraction of sp³-hybridized carbons (Fsp3) is 0.185. The van der Waals surface area contributed by atoms with E-state index >= 15 is 0 Å². The Morgan fingerprint density at radius 3 is 2.44 bits per heavy atom. The van der Waals surface area contributed by atoms with Gasteiger partial charge in [-0.25, -0.2) is 4.39 Å². The molecule has 4 aromatic rings. The van der Waals surface area contributed by atoms with Gasteiger partial charge in [-0.05, 0) is 98.9 Å². The van der Waals surface area contributed by atoms with Crippen molar-refractivity contribution in [3.8, 4) is 17.1 Å². The minimum atomic E-state index is -0.285. The average molecular weight is 474 g/mol. The molecule has 0 saturated carbocycles. The first-order valence-electron chi connectivity index (χ1n) is 11.1. The number of rotatable bonds is 6. The first kappa shape index (κ1) is 22.1. The van der Waals surface area contributed by atoms with Crippen molar-refractivity contribution in [2.75, 3.05) is 4.90 Å². The zero-order chi connectivity index (χ0) is 23.7. The van der Waals surface area contributed by atoms with E-state index in [1.807, 2.05) is 73.3 Å². The highest BCUT2D eigenvalue weighted by Gasteiger charge is 2.42. The van der Waals surface area contributed by atoms with Crippen molar-refractivity contribution in [2.24, 2.45) is 0 Å². The highest BCUT2D eigenvalue weighted by molar-refractivity contribution is 7.80. The summed E-state index contributed by atoms with van der Waals surface area (Å²) in [5.74, 6) is 1.90. The Morgan fingerprint density at radius 2 is 1.76 bits per heavy atom. The van der Waals surface area contributed by atoms with E-state index in [-0.39, 0.29) is 24.0 Å². The standard InChI is InChI=1S/C27H24FN3O2S/c1-17(2)32-21-12-10-20(11-13-21)31-26(25(30-27(31)34)22-5-3-4-16-29-22)24-15-14-23(33-24)18-6-8-19(28)9-7-18/h3-17,25-26H,1-2H3,(H,30,34)/t25-,26+/m1/s1. The first-order valence-corrected chi connectivity index (χ1v) is 11.5. The summed E-state index contributed by atoms with van der Waals surface area (Å²) in [5.41, 5.74) is 2.57. The molecule has 1 fully saturated rings. The van der Waals surface area contributed by atoms with Gasteiger partial charge in [-0.1, -0.05) is 6.07 Å². The fourth-order valence-corrected chi connectivity index (χ4v) is 4.51. The molecule has 5 nitrogen and oxygen atoms in total. The van der Waals surface area contributed by atoms with Crippen molar-refractivity contribution < 1.29 is 13.5 Å². The third kappa shape index (κ3) is 4.39. The summed E-state index contributed by atoms with van der Waals surface area (Å²) in [6, 6.07) is 23.3. The summed E-state index contributed by atoms with van der Waals surface area (Å²) in [6.07, 6.45) is 1.86. The smallest absolute Gasteiger partial charge is 0.174 e. The molecule has 34 heavy (non-hydrogen) atoms. The topological polar surface area (TPSA) is 50.5 Å². The van der Waals surface area contributed by atoms with Crippen molar-refractivity contribution >= 4 is 23.0 Å². The van der Waals surface area contributed by atoms with Gasteiger partial charge in [0.15, 0.2) is 5.11 Å². The second kappa shape index (κ2) is 9.27. The Labute approximate surface area is 203 Å². The lowest BCUT2D eigenvalue weighted by Crippen LogP contribution is -2.29. The molecule has 5 rings (SSSR count). The molecule has 0 aliphatic carbocycles. The van der Waals surface area contributed by atoms with Gasteiger partial charge in [-0.2, -0.15) is 0 Å². The maximum Gasteiger partial charge on any atom is 0.174 e. The molecule has 7 heteroatoms. The highest BCUT2D eigenvalue weighted by Crippen LogP contribution is 2.43. The molecule has 1 saturated heterocycles. The zero-order valence-corrected chi connectivity index (χ0v) is 19.6. The minimum Gasteiger partial charge on any atom is -0.491 e. The van der Waals surface area contributed by atoms with E-state index in [2.05, 4.69) is 10.3 Å². The van der Waals surface area contributed by atoms with Crippen LogP contribution in [0.2, 0.25) is 0 Å². The first-order chi connectivity index (χ1) is 16.5. The van der Waals surface area contributed by atoms with E-state index < -0.39 is 0 Å². The second-order valence-corrected chi connectivity index (χ2v) is 8.75. The second-order valence-electron chi connectivity index (χ2n) is 8.37. The average Bonchev–Trinajstić information content (AvgIpc) is 3.45. The lowest BCUT2D eigenvalue weighted by molar-refractivity contribution is 0.242. The van der Waals surface area contributed by atoms with Crippen LogP contribution in [0.15, 0.2) is 89.5 Å². The number of anilines is 1. The largest absolute Gasteiger partial charge is 0.491 e. The van der Waals surface area contributed by atoms with E-state index in [4.69, 9.17) is 21.4 Å². The molecule has 1 N–H and O–H groups in total. The molecule has 2 atom stereocenters. The molecule has 3 heterocycles. The number of hydrogen-bond donors (Lipinski definition) is 1. The summed E-state index contributed by atoms with van der Waals surface area (Å²) >= 11 is 5.77. The quantitative estimate of drug-likeness (QED) is 0.325. The van der Waals surface area contributed by atoms with Crippen LogP contribution in [0.1, 0.15) is 37.4 Å². The number of thiocarbonyl (C=S) groups is 1. The number of pyridine rings is 1. The molecule has 0 unspecified atom stereocenters. The third-order valence-electron chi connectivity index (χ3n) is 5.63. The molecule has 2 aromatic heterocycles. The lowest BCUT2D eigenvalue weighted by atomic mass is 10.0. The number of hydrogen-bond acceptors (Lipinski definition) is 4. The SMILES string of the molecule is CC(C)Oc1ccc(N2C(=S)N[C@H](c3ccccn3)[C@@H]2c2ccc(-c3ccc(F)cc3)o2)cc1. The van der Waals surface area contributed by atoms with Crippen molar-refractivity contribution in [2.45, 2.75) is 32.0 Å². The molecule has 172 valence electrons. The maximum atomic E-state index is 13.4. The van der Waals surface area contributed by atoms with Crippen molar-refractivity contribution in [1.29, 1.82) is 0 Å². The molecular formula is C27H24FN3O2S. The summed E-state index contributed by atoms with van der Waals surface area (Å²) in [4.78, 5) is 6.61. The van der Waals surface area contributed by atoms with Gasteiger partial charge in [0.2, 0.25) is 0 Å². The van der Waals surface area contributed by atoms with Crippen LogP contribution in [0.4, 0.5) is 10.1 Å². The van der Waals surface area contributed by atoms with Crippen molar-refractivity contribution in [3.63, 3.8) is 0 Å². The predicted octanol–water partition coefficient (Wildman–Crippen LogP) is 6.45. The van der Waals surface area contributed by atoms with Gasteiger partial charge in [-0.15, -0.1) is 0 Å². The maximum absolute atomic E-state index is 13.4. The van der Waals surface area contributed by atoms with Gasteiger partial charge in [-0.3, -0.25) is 4.98 Å². The molecule has 0 radical (unpaired) electrons. The summed E-state index contributed by atoms with van der Waals surface area (Å²) in [5, 5.41) is 4.01. The summed E-state index contributed by atoms with van der Waals surface area (Å²) in [6.45, 7) is 3.99. The molecule has 0 amide bonds. The molecule has 1 aliphatic rings. The van der Waals surface area contributed by atoms with Crippen LogP contribution in [0.25, 0.3) is 11.3 Å². The van der Waals surface area contributed by atoms with Gasteiger partial charge in [0, 0.05) is 17.4 Å². The Balaban J connectivity index is 1.54. The summed E-state index contributed by atoms with van der Waals surface area (Å²) in [7, 11) is 0. The van der Waals surface area contributed by atoms with E-state index in [1.54, 1.807) is 18.3 Å². The Morgan fingerprint density at radius 1 is 1.00 bits per heavy atom. The number of benzene rings is 2. The van der Waals surface area contributed by atoms with Gasteiger partial charge in [0.1, 0.15) is 29.1 Å². The Kier molecular flexibility index (Phi) is 6.02. The highest BCUT2D eigenvalue weighted by atomic mass is 32.1. The predicted molar refractivity (Wildman–Crippen MR) is 134 cm³/mol. The van der Waals surface area contributed by atoms with Gasteiger partial charge >= 0.3 is 0 Å². The van der Waals surface area contributed by atoms with E-state index in [1.165, 1.54) is 12.1 Å². The minimum absolute atomic E-state index is 0.0923. The van der Waals surface area contributed by atoms with Crippen LogP contribution in [-0.4, -0.2) is 16.2 Å². The van der Waals surface area contributed by atoms with Crippen LogP contribution in [0, 0.1) is 5.82 Å². The number of aromatic nitrogens is 1. The number of furan rings is 1. The number of halogens is 1. The number of ether oxygens (including phenoxy) is 1. The van der Waals surface area contributed by atoms with Crippen molar-refractivity contribution in [1.82, 2.24) is 10.3 Å². The third-order valence-corrected chi connectivity index (χ3v) is 5.95. The Hall–Kier alpha value is -3.71. The van der Waals surface area contributed by atoms with Crippen LogP contribution in [0.5, 0.6) is 5.75 Å². The molecule has 0 bridgehead atoms. The van der Waals surface area contributed by atoms with Crippen LogP contribution in [-0.2, 0) is 0 Å². The molecule has 1 aliphatic heterocycles. The lowest BCUT2D eigenvalue weighted by Gasteiger charge is -2.26. The molecular weight excluding hydrogens is 449 g/mol. The van der Waals surface area contributed by atoms with Crippen molar-refractivity contribution in [3.05, 3.63) is 102 Å². The van der Waals surface area contributed by atoms with Gasteiger partial charge in [0.05, 0.1) is 17.8 Å². The number of nitrogens with zero attached hydrogens (tertiary/aromatic N) is 2. The van der Waals surface area contributed by atoms with E-state index in [0.717, 1.165) is 28.5 Å². The zero-order valence-electron chi connectivity index (χ0n) is 18.8. The normalized spacial score (nSPS) is 17.8. The molecule has 0 spiro atoms. The van der Waals surface area contributed by atoms with E-state index in [9.17, 15) is 4.39 Å². The molecule has 2 aromatic carbocycles. The number of nitrogens with one attached hydrogen (secondary N) is 1. The van der Waals surface area contributed by atoms with E-state index in [0.29, 0.717) is 10.9 Å². The van der Waals surface area contributed by atoms with Gasteiger partial charge in [0.25, 0.3) is 0 Å². The monoisotopic (exact) mass is 473 g/mol. The van der Waals surface area contributed by atoms with Gasteiger partial charge < -0.3 is 19.4 Å². The fourth-order valence-electron chi connectivity index (χ4n) is 4.16. The van der Waals surface area contributed by atoms with Crippen LogP contribution >= 0.6 is 12.2 Å². The summed E-state index contributed by atoms with van der Waals surface area (Å²) < 4.78 is 25.5. The van der Waals surface area contributed by atoms with Crippen LogP contribution in [0.3, 0.4) is 0 Å². The Bertz CT molecular complexity index is 1270.